The number of aromatic nitrogens is 4. The van der Waals surface area contributed by atoms with Gasteiger partial charge in [0.05, 0.1) is 5.75 Å². The largest absolute Gasteiger partial charge is 0.378 e. The van der Waals surface area contributed by atoms with Crippen LogP contribution in [0.2, 0.25) is 0 Å². The molecule has 116 valence electrons. The minimum atomic E-state index is 0.859. The third kappa shape index (κ3) is 3.10. The molecular formula is C15H19N5S2. The van der Waals surface area contributed by atoms with Gasteiger partial charge in [-0.1, -0.05) is 18.3 Å². The van der Waals surface area contributed by atoms with Crippen molar-refractivity contribution < 1.29 is 0 Å². The lowest BCUT2D eigenvalue weighted by Gasteiger charge is -2.11. The van der Waals surface area contributed by atoms with Crippen molar-refractivity contribution in [2.24, 2.45) is 0 Å². The van der Waals surface area contributed by atoms with Gasteiger partial charge in [-0.2, -0.15) is 21.4 Å². The fourth-order valence-corrected chi connectivity index (χ4v) is 3.73. The molecule has 0 saturated heterocycles. The zero-order chi connectivity index (χ0) is 15.5. The number of rotatable bonds is 6. The lowest BCUT2D eigenvalue weighted by Crippen LogP contribution is -2.07. The van der Waals surface area contributed by atoms with Crippen molar-refractivity contribution in [3.8, 4) is 10.6 Å². The van der Waals surface area contributed by atoms with Crippen LogP contribution in [-0.2, 0) is 5.75 Å². The molecule has 0 radical (unpaired) electrons. The van der Waals surface area contributed by atoms with Crippen LogP contribution in [0.4, 0.5) is 5.69 Å². The Kier molecular flexibility index (Phi) is 4.63. The molecule has 0 spiro atoms. The van der Waals surface area contributed by atoms with Crippen LogP contribution in [-0.4, -0.2) is 39.7 Å². The maximum absolute atomic E-state index is 4.68. The number of hydrogen-bond donors (Lipinski definition) is 0. The first kappa shape index (κ1) is 15.3. The van der Waals surface area contributed by atoms with Gasteiger partial charge < -0.3 is 4.90 Å². The third-order valence-corrected chi connectivity index (χ3v) is 5.37. The van der Waals surface area contributed by atoms with E-state index >= 15 is 0 Å². The van der Waals surface area contributed by atoms with Crippen molar-refractivity contribution in [3.63, 3.8) is 0 Å². The highest BCUT2D eigenvalue weighted by atomic mass is 32.2. The van der Waals surface area contributed by atoms with Crippen molar-refractivity contribution in [2.45, 2.75) is 19.1 Å². The number of nitrogens with zero attached hydrogens (tertiary/aromatic N) is 5. The van der Waals surface area contributed by atoms with Crippen LogP contribution in [0, 0.1) is 0 Å². The van der Waals surface area contributed by atoms with Crippen LogP contribution in [0.15, 0.2) is 24.3 Å². The summed E-state index contributed by atoms with van der Waals surface area (Å²) in [4.78, 5) is 2.95. The van der Waals surface area contributed by atoms with E-state index in [1.165, 1.54) is 12.1 Å². The number of fused-ring (bicyclic) bond motifs is 1. The van der Waals surface area contributed by atoms with Crippen molar-refractivity contribution in [2.75, 3.05) is 24.7 Å². The summed E-state index contributed by atoms with van der Waals surface area (Å²) in [6.07, 6.45) is 1.17. The molecule has 0 unspecified atom stereocenters. The van der Waals surface area contributed by atoms with E-state index in [0.717, 1.165) is 32.9 Å². The summed E-state index contributed by atoms with van der Waals surface area (Å²) in [5.41, 5.74) is 2.30. The molecule has 22 heavy (non-hydrogen) atoms. The van der Waals surface area contributed by atoms with Crippen LogP contribution < -0.4 is 4.90 Å². The SMILES string of the molecule is CCCSCc1nnc2sc(-c3ccc(N(C)C)cc3)nn12. The molecule has 0 N–H and O–H groups in total. The number of anilines is 1. The molecule has 1 aromatic carbocycles. The van der Waals surface area contributed by atoms with Gasteiger partial charge in [-0.15, -0.1) is 10.2 Å². The molecule has 0 saturated carbocycles. The normalized spacial score (nSPS) is 11.2. The highest BCUT2D eigenvalue weighted by Gasteiger charge is 2.12. The van der Waals surface area contributed by atoms with E-state index in [9.17, 15) is 0 Å². The highest BCUT2D eigenvalue weighted by molar-refractivity contribution is 7.98. The van der Waals surface area contributed by atoms with Crippen LogP contribution in [0.25, 0.3) is 15.5 Å². The molecule has 7 heteroatoms. The van der Waals surface area contributed by atoms with E-state index in [1.54, 1.807) is 11.3 Å². The van der Waals surface area contributed by atoms with Gasteiger partial charge in [0.15, 0.2) is 5.82 Å². The molecule has 0 fully saturated rings. The number of hydrogen-bond acceptors (Lipinski definition) is 6. The summed E-state index contributed by atoms with van der Waals surface area (Å²) in [5.74, 6) is 2.93. The van der Waals surface area contributed by atoms with Gasteiger partial charge in [0.1, 0.15) is 5.01 Å². The zero-order valence-electron chi connectivity index (χ0n) is 13.0. The van der Waals surface area contributed by atoms with Gasteiger partial charge in [0.25, 0.3) is 0 Å². The fraction of sp³-hybridized carbons (Fsp3) is 0.400. The summed E-state index contributed by atoms with van der Waals surface area (Å²) in [5, 5.41) is 14.1. The molecular weight excluding hydrogens is 314 g/mol. The van der Waals surface area contributed by atoms with E-state index < -0.39 is 0 Å². The Morgan fingerprint density at radius 3 is 2.64 bits per heavy atom. The molecule has 3 rings (SSSR count). The maximum atomic E-state index is 4.68. The maximum Gasteiger partial charge on any atom is 0.235 e. The Hall–Kier alpha value is -1.60. The molecule has 0 aliphatic rings. The Balaban J connectivity index is 1.85. The second kappa shape index (κ2) is 6.66. The average Bonchev–Trinajstić information content (AvgIpc) is 3.09. The minimum Gasteiger partial charge on any atom is -0.378 e. The van der Waals surface area contributed by atoms with Crippen LogP contribution in [0.3, 0.4) is 0 Å². The first-order valence-electron chi connectivity index (χ1n) is 7.25. The van der Waals surface area contributed by atoms with E-state index in [0.29, 0.717) is 0 Å². The number of benzene rings is 1. The monoisotopic (exact) mass is 333 g/mol. The molecule has 0 bridgehead atoms. The quantitative estimate of drug-likeness (QED) is 0.646. The van der Waals surface area contributed by atoms with Gasteiger partial charge in [-0.3, -0.25) is 0 Å². The molecule has 2 aromatic heterocycles. The lowest BCUT2D eigenvalue weighted by atomic mass is 10.2. The predicted molar refractivity (Wildman–Crippen MR) is 94.9 cm³/mol. The van der Waals surface area contributed by atoms with Crippen LogP contribution in [0.1, 0.15) is 19.2 Å². The average molecular weight is 333 g/mol. The van der Waals surface area contributed by atoms with E-state index in [2.05, 4.69) is 51.4 Å². The third-order valence-electron chi connectivity index (χ3n) is 3.27. The smallest absolute Gasteiger partial charge is 0.235 e. The van der Waals surface area contributed by atoms with E-state index in [-0.39, 0.29) is 0 Å². The minimum absolute atomic E-state index is 0.859. The van der Waals surface area contributed by atoms with Crippen molar-refractivity contribution in [1.82, 2.24) is 19.8 Å². The van der Waals surface area contributed by atoms with E-state index in [4.69, 9.17) is 0 Å². The van der Waals surface area contributed by atoms with Crippen molar-refractivity contribution in [3.05, 3.63) is 30.1 Å². The van der Waals surface area contributed by atoms with Crippen LogP contribution in [0.5, 0.6) is 0 Å². The molecule has 0 amide bonds. The van der Waals surface area contributed by atoms with Gasteiger partial charge in [0.2, 0.25) is 4.96 Å². The Morgan fingerprint density at radius 2 is 1.95 bits per heavy atom. The molecule has 0 atom stereocenters. The summed E-state index contributed by atoms with van der Waals surface area (Å²) in [6, 6.07) is 8.42. The highest BCUT2D eigenvalue weighted by Crippen LogP contribution is 2.27. The fourth-order valence-electron chi connectivity index (χ4n) is 2.07. The first-order valence-corrected chi connectivity index (χ1v) is 9.22. The molecule has 0 aliphatic carbocycles. The van der Waals surface area contributed by atoms with Crippen molar-refractivity contribution >= 4 is 33.7 Å². The summed E-state index contributed by atoms with van der Waals surface area (Å²) >= 11 is 3.45. The van der Waals surface area contributed by atoms with Crippen molar-refractivity contribution in [1.29, 1.82) is 0 Å². The van der Waals surface area contributed by atoms with Crippen LogP contribution >= 0.6 is 23.1 Å². The molecule has 0 aliphatic heterocycles. The standard InChI is InChI=1S/C15H19N5S2/c1-4-9-21-10-13-16-17-15-20(13)18-14(22-15)11-5-7-12(8-6-11)19(2)3/h5-8H,4,9-10H2,1-3H3. The van der Waals surface area contributed by atoms with E-state index in [1.807, 2.05) is 30.4 Å². The Labute approximate surface area is 138 Å². The predicted octanol–water partition coefficient (Wildman–Crippen LogP) is 3.56. The van der Waals surface area contributed by atoms with Gasteiger partial charge in [0, 0.05) is 25.3 Å². The Morgan fingerprint density at radius 1 is 1.18 bits per heavy atom. The second-order valence-corrected chi connectivity index (χ2v) is 7.27. The summed E-state index contributed by atoms with van der Waals surface area (Å²) in [6.45, 7) is 2.19. The molecule has 5 nitrogen and oxygen atoms in total. The zero-order valence-corrected chi connectivity index (χ0v) is 14.6. The number of thioether (sulfide) groups is 1. The summed E-state index contributed by atoms with van der Waals surface area (Å²) < 4.78 is 1.88. The Bertz CT molecular complexity index is 745. The topological polar surface area (TPSA) is 46.3 Å². The first-order chi connectivity index (χ1) is 10.7. The second-order valence-electron chi connectivity index (χ2n) is 5.21. The van der Waals surface area contributed by atoms with Gasteiger partial charge in [-0.05, 0) is 36.4 Å². The molecule has 2 heterocycles. The van der Waals surface area contributed by atoms with Gasteiger partial charge >= 0.3 is 0 Å². The summed E-state index contributed by atoms with van der Waals surface area (Å²) in [7, 11) is 4.08. The lowest BCUT2D eigenvalue weighted by molar-refractivity contribution is 0.887. The molecule has 3 aromatic rings. The van der Waals surface area contributed by atoms with Gasteiger partial charge in [-0.25, -0.2) is 0 Å².